The Balaban J connectivity index is 2.59. The topological polar surface area (TPSA) is 49.7 Å². The van der Waals surface area contributed by atoms with Crippen LogP contribution in [0.2, 0.25) is 6.32 Å². The summed E-state index contributed by atoms with van der Waals surface area (Å²) >= 11 is 0. The molecule has 0 saturated carbocycles. The van der Waals surface area contributed by atoms with Crippen molar-refractivity contribution in [3.63, 3.8) is 0 Å². The molecular formula is C6H11BF2O3. The van der Waals surface area contributed by atoms with Gasteiger partial charge in [0.25, 0.3) is 0 Å². The van der Waals surface area contributed by atoms with Crippen molar-refractivity contribution in [1.29, 1.82) is 0 Å². The average Bonchev–Trinajstić information content (AvgIpc) is 2.35. The van der Waals surface area contributed by atoms with Gasteiger partial charge in [0.1, 0.15) is 0 Å². The summed E-state index contributed by atoms with van der Waals surface area (Å²) in [5, 5.41) is 17.2. The molecule has 0 bridgehead atoms. The maximum atomic E-state index is 12.5. The summed E-state index contributed by atoms with van der Waals surface area (Å²) < 4.78 is 29.7. The van der Waals surface area contributed by atoms with Crippen LogP contribution in [0.3, 0.4) is 0 Å². The third kappa shape index (κ3) is 1.94. The van der Waals surface area contributed by atoms with Gasteiger partial charge < -0.3 is 14.8 Å². The molecular weight excluding hydrogens is 169 g/mol. The third-order valence-electron chi connectivity index (χ3n) is 2.19. The van der Waals surface area contributed by atoms with Crippen molar-refractivity contribution in [2.24, 2.45) is 5.41 Å². The fourth-order valence-corrected chi connectivity index (χ4v) is 1.41. The second-order valence-electron chi connectivity index (χ2n) is 3.15. The van der Waals surface area contributed by atoms with Crippen LogP contribution >= 0.6 is 0 Å². The van der Waals surface area contributed by atoms with Crippen LogP contribution < -0.4 is 0 Å². The number of rotatable bonds is 3. The monoisotopic (exact) mass is 180 g/mol. The predicted octanol–water partition coefficient (Wildman–Crippen LogP) is 0.131. The highest BCUT2D eigenvalue weighted by atomic mass is 19.3. The second kappa shape index (κ2) is 3.68. The molecule has 3 nitrogen and oxygen atoms in total. The van der Waals surface area contributed by atoms with Gasteiger partial charge in [0.15, 0.2) is 0 Å². The van der Waals surface area contributed by atoms with E-state index < -0.39 is 19.0 Å². The summed E-state index contributed by atoms with van der Waals surface area (Å²) in [6, 6.07) is 0. The van der Waals surface area contributed by atoms with Crippen molar-refractivity contribution in [2.45, 2.75) is 19.2 Å². The summed E-state index contributed by atoms with van der Waals surface area (Å²) in [7, 11) is -1.68. The quantitative estimate of drug-likeness (QED) is 0.607. The largest absolute Gasteiger partial charge is 0.452 e. The van der Waals surface area contributed by atoms with Crippen molar-refractivity contribution in [1.82, 2.24) is 0 Å². The molecule has 2 N–H and O–H groups in total. The van der Waals surface area contributed by atoms with Gasteiger partial charge in [-0.1, -0.05) is 0 Å². The molecule has 1 fully saturated rings. The highest BCUT2D eigenvalue weighted by Gasteiger charge is 2.45. The van der Waals surface area contributed by atoms with E-state index in [0.717, 1.165) is 0 Å². The maximum Gasteiger partial charge on any atom is 0.452 e. The molecule has 1 aliphatic heterocycles. The minimum atomic E-state index is -2.55. The minimum Gasteiger partial charge on any atom is -0.427 e. The Morgan fingerprint density at radius 2 is 2.17 bits per heavy atom. The smallest absolute Gasteiger partial charge is 0.427 e. The van der Waals surface area contributed by atoms with E-state index in [1.54, 1.807) is 0 Å². The number of alkyl halides is 2. The lowest BCUT2D eigenvalue weighted by Gasteiger charge is -2.25. The Hall–Kier alpha value is -0.195. The first-order chi connectivity index (χ1) is 5.57. The van der Waals surface area contributed by atoms with Crippen LogP contribution in [0.5, 0.6) is 0 Å². The Morgan fingerprint density at radius 1 is 1.50 bits per heavy atom. The van der Waals surface area contributed by atoms with E-state index in [9.17, 15) is 8.78 Å². The van der Waals surface area contributed by atoms with Gasteiger partial charge >= 0.3 is 7.12 Å². The molecule has 1 aliphatic rings. The summed E-state index contributed by atoms with van der Waals surface area (Å²) in [6.45, 7) is 0.194. The van der Waals surface area contributed by atoms with Crippen molar-refractivity contribution < 1.29 is 23.6 Å². The zero-order valence-electron chi connectivity index (χ0n) is 6.54. The van der Waals surface area contributed by atoms with E-state index in [-0.39, 0.29) is 26.0 Å². The van der Waals surface area contributed by atoms with Crippen LogP contribution in [0.25, 0.3) is 0 Å². The Bertz CT molecular complexity index is 148. The summed E-state index contributed by atoms with van der Waals surface area (Å²) in [5.41, 5.74) is -1.34. The molecule has 0 amide bonds. The molecule has 0 aliphatic carbocycles. The van der Waals surface area contributed by atoms with Crippen LogP contribution in [0.1, 0.15) is 6.42 Å². The Labute approximate surface area is 69.5 Å². The first-order valence-electron chi connectivity index (χ1n) is 3.79. The lowest BCUT2D eigenvalue weighted by Crippen LogP contribution is -2.35. The fourth-order valence-electron chi connectivity index (χ4n) is 1.41. The van der Waals surface area contributed by atoms with Crippen molar-refractivity contribution in [2.75, 3.05) is 13.2 Å². The fraction of sp³-hybridized carbons (Fsp3) is 1.00. The molecule has 12 heavy (non-hydrogen) atoms. The molecule has 1 rings (SSSR count). The SMILES string of the molecule is OB(O)CC1(C(F)F)CCOC1. The van der Waals surface area contributed by atoms with E-state index in [4.69, 9.17) is 14.8 Å². The van der Waals surface area contributed by atoms with E-state index in [1.165, 1.54) is 0 Å². The molecule has 1 atom stereocenters. The molecule has 1 unspecified atom stereocenters. The van der Waals surface area contributed by atoms with E-state index in [2.05, 4.69) is 0 Å². The van der Waals surface area contributed by atoms with Gasteiger partial charge in [-0.15, -0.1) is 0 Å². The van der Waals surface area contributed by atoms with Gasteiger partial charge in [-0.3, -0.25) is 0 Å². The van der Waals surface area contributed by atoms with Crippen LogP contribution in [-0.2, 0) is 4.74 Å². The van der Waals surface area contributed by atoms with Crippen LogP contribution in [0.4, 0.5) is 8.78 Å². The van der Waals surface area contributed by atoms with E-state index >= 15 is 0 Å². The predicted molar refractivity (Wildman–Crippen MR) is 38.9 cm³/mol. The number of ether oxygens (including phenoxy) is 1. The summed E-state index contributed by atoms with van der Waals surface area (Å²) in [4.78, 5) is 0. The van der Waals surface area contributed by atoms with Gasteiger partial charge in [-0.25, -0.2) is 8.78 Å². The highest BCUT2D eigenvalue weighted by molar-refractivity contribution is 6.41. The zero-order chi connectivity index (χ0) is 9.19. The van der Waals surface area contributed by atoms with Crippen molar-refractivity contribution in [3.05, 3.63) is 0 Å². The molecule has 6 heteroatoms. The lowest BCUT2D eigenvalue weighted by molar-refractivity contribution is -0.00310. The Kier molecular flexibility index (Phi) is 3.03. The third-order valence-corrected chi connectivity index (χ3v) is 2.19. The first-order valence-corrected chi connectivity index (χ1v) is 3.79. The van der Waals surface area contributed by atoms with E-state index in [1.807, 2.05) is 0 Å². The molecule has 1 saturated heterocycles. The van der Waals surface area contributed by atoms with Gasteiger partial charge in [0.05, 0.1) is 12.0 Å². The number of halogens is 2. The van der Waals surface area contributed by atoms with E-state index in [0.29, 0.717) is 0 Å². The van der Waals surface area contributed by atoms with Crippen LogP contribution in [-0.4, -0.2) is 36.8 Å². The average molecular weight is 180 g/mol. The van der Waals surface area contributed by atoms with Gasteiger partial charge in [-0.2, -0.15) is 0 Å². The molecule has 0 spiro atoms. The van der Waals surface area contributed by atoms with Crippen molar-refractivity contribution >= 4 is 7.12 Å². The van der Waals surface area contributed by atoms with Crippen LogP contribution in [0, 0.1) is 5.41 Å². The van der Waals surface area contributed by atoms with Gasteiger partial charge in [0.2, 0.25) is 6.43 Å². The standard InChI is InChI=1S/C6H11BF2O3/c8-5(9)6(3-7(10)11)1-2-12-4-6/h5,10-11H,1-4H2. The number of hydrogen-bond acceptors (Lipinski definition) is 3. The highest BCUT2D eigenvalue weighted by Crippen LogP contribution is 2.39. The Morgan fingerprint density at radius 3 is 2.50 bits per heavy atom. The first kappa shape index (κ1) is 9.89. The van der Waals surface area contributed by atoms with Crippen LogP contribution in [0.15, 0.2) is 0 Å². The normalized spacial score (nSPS) is 29.8. The minimum absolute atomic E-state index is 0.0811. The summed E-state index contributed by atoms with van der Waals surface area (Å²) in [6.07, 6.45) is -2.67. The summed E-state index contributed by atoms with van der Waals surface area (Å²) in [5.74, 6) is 0. The lowest BCUT2D eigenvalue weighted by atomic mass is 9.68. The van der Waals surface area contributed by atoms with Crippen molar-refractivity contribution in [3.8, 4) is 0 Å². The maximum absolute atomic E-state index is 12.5. The zero-order valence-corrected chi connectivity index (χ0v) is 6.54. The molecule has 1 heterocycles. The number of hydrogen-bond donors (Lipinski definition) is 2. The second-order valence-corrected chi connectivity index (χ2v) is 3.15. The molecule has 0 aromatic rings. The van der Waals surface area contributed by atoms with Gasteiger partial charge in [0, 0.05) is 6.61 Å². The van der Waals surface area contributed by atoms with Gasteiger partial charge in [-0.05, 0) is 12.7 Å². The molecule has 70 valence electrons. The molecule has 0 aromatic carbocycles. The molecule has 0 aromatic heterocycles. The molecule has 0 radical (unpaired) electrons.